The average Bonchev–Trinajstić information content (AvgIpc) is 3.27. The molecule has 0 spiro atoms. The second-order valence-electron chi connectivity index (χ2n) is 7.48. The van der Waals surface area contributed by atoms with Crippen molar-refractivity contribution in [3.8, 4) is 23.3 Å². The highest BCUT2D eigenvalue weighted by Gasteiger charge is 2.24. The van der Waals surface area contributed by atoms with Crippen molar-refractivity contribution in [2.45, 2.75) is 13.5 Å². The van der Waals surface area contributed by atoms with E-state index in [1.54, 1.807) is 23.1 Å². The maximum absolute atomic E-state index is 12.8. The molecule has 1 aliphatic heterocycles. The molecule has 158 valence electrons. The zero-order valence-electron chi connectivity index (χ0n) is 17.5. The summed E-state index contributed by atoms with van der Waals surface area (Å²) in [5, 5.41) is 13.3. The summed E-state index contributed by atoms with van der Waals surface area (Å²) < 4.78 is 10.5. The molecule has 0 atom stereocenters. The molecule has 8 nitrogen and oxygen atoms in total. The molecule has 2 aromatic carbocycles. The van der Waals surface area contributed by atoms with Crippen molar-refractivity contribution in [1.82, 2.24) is 19.9 Å². The van der Waals surface area contributed by atoms with Crippen LogP contribution < -0.4 is 4.74 Å². The molecular formula is C23H23N5O3. The van der Waals surface area contributed by atoms with Crippen LogP contribution in [-0.4, -0.2) is 59.1 Å². The quantitative estimate of drug-likeness (QED) is 0.630. The first-order valence-electron chi connectivity index (χ1n) is 10.1. The van der Waals surface area contributed by atoms with E-state index in [0.717, 1.165) is 5.56 Å². The molecule has 4 rings (SSSR count). The smallest absolute Gasteiger partial charge is 0.257 e. The summed E-state index contributed by atoms with van der Waals surface area (Å²) in [4.78, 5) is 21.3. The Labute approximate surface area is 180 Å². The number of nitriles is 1. The molecule has 0 bridgehead atoms. The van der Waals surface area contributed by atoms with Crippen LogP contribution in [0.15, 0.2) is 47.0 Å². The van der Waals surface area contributed by atoms with E-state index >= 15 is 0 Å². The summed E-state index contributed by atoms with van der Waals surface area (Å²) in [7, 11) is 1.50. The number of aryl methyl sites for hydroxylation is 1. The molecule has 0 unspecified atom stereocenters. The van der Waals surface area contributed by atoms with E-state index in [0.29, 0.717) is 61.3 Å². The SMILES string of the molecule is COc1ccc(C(=O)N2CCN(Cc3noc(-c4ccc(C)cc4)n3)CC2)cc1C#N. The maximum Gasteiger partial charge on any atom is 0.257 e. The first-order chi connectivity index (χ1) is 15.1. The highest BCUT2D eigenvalue weighted by Crippen LogP contribution is 2.21. The number of amides is 1. The summed E-state index contributed by atoms with van der Waals surface area (Å²) in [6.07, 6.45) is 0. The van der Waals surface area contributed by atoms with E-state index in [1.807, 2.05) is 31.2 Å². The van der Waals surface area contributed by atoms with E-state index in [4.69, 9.17) is 9.26 Å². The van der Waals surface area contributed by atoms with Gasteiger partial charge in [0.25, 0.3) is 11.8 Å². The van der Waals surface area contributed by atoms with Crippen molar-refractivity contribution in [3.05, 3.63) is 65.0 Å². The number of ether oxygens (including phenoxy) is 1. The van der Waals surface area contributed by atoms with Gasteiger partial charge >= 0.3 is 0 Å². The Hall–Kier alpha value is -3.70. The lowest BCUT2D eigenvalue weighted by Gasteiger charge is -2.34. The zero-order chi connectivity index (χ0) is 21.8. The van der Waals surface area contributed by atoms with Crippen LogP contribution in [0.5, 0.6) is 5.75 Å². The van der Waals surface area contributed by atoms with Crippen molar-refractivity contribution in [1.29, 1.82) is 5.26 Å². The van der Waals surface area contributed by atoms with Crippen LogP contribution in [0, 0.1) is 18.3 Å². The number of aromatic nitrogens is 2. The number of carbonyl (C=O) groups excluding carboxylic acids is 1. The molecule has 3 aromatic rings. The minimum Gasteiger partial charge on any atom is -0.495 e. The largest absolute Gasteiger partial charge is 0.495 e. The molecular weight excluding hydrogens is 394 g/mol. The average molecular weight is 417 g/mol. The Balaban J connectivity index is 1.34. The van der Waals surface area contributed by atoms with Crippen LogP contribution in [0.25, 0.3) is 11.5 Å². The van der Waals surface area contributed by atoms with Crippen LogP contribution >= 0.6 is 0 Å². The van der Waals surface area contributed by atoms with Crippen molar-refractivity contribution in [2.75, 3.05) is 33.3 Å². The van der Waals surface area contributed by atoms with Gasteiger partial charge in [-0.3, -0.25) is 9.69 Å². The lowest BCUT2D eigenvalue weighted by molar-refractivity contribution is 0.0624. The molecule has 1 amide bonds. The number of rotatable bonds is 5. The van der Waals surface area contributed by atoms with Crippen LogP contribution in [0.3, 0.4) is 0 Å². The summed E-state index contributed by atoms with van der Waals surface area (Å²) >= 11 is 0. The fourth-order valence-corrected chi connectivity index (χ4v) is 3.55. The Bertz CT molecular complexity index is 1110. The molecule has 0 aliphatic carbocycles. The lowest BCUT2D eigenvalue weighted by atomic mass is 10.1. The van der Waals surface area contributed by atoms with Crippen molar-refractivity contribution in [2.24, 2.45) is 0 Å². The number of carbonyl (C=O) groups is 1. The molecule has 0 radical (unpaired) electrons. The standard InChI is InChI=1S/C23H23N5O3/c1-16-3-5-17(6-4-16)22-25-21(26-31-22)15-27-9-11-28(12-10-27)23(29)18-7-8-20(30-2)19(13-18)14-24/h3-8,13H,9-12,15H2,1-2H3. The maximum atomic E-state index is 12.8. The molecule has 1 fully saturated rings. The Morgan fingerprint density at radius 3 is 2.58 bits per heavy atom. The van der Waals surface area contributed by atoms with Crippen molar-refractivity contribution >= 4 is 5.91 Å². The lowest BCUT2D eigenvalue weighted by Crippen LogP contribution is -2.48. The minimum atomic E-state index is -0.0833. The van der Waals surface area contributed by atoms with Gasteiger partial charge in [-0.15, -0.1) is 0 Å². The zero-order valence-corrected chi connectivity index (χ0v) is 17.5. The number of hydrogen-bond acceptors (Lipinski definition) is 7. The van der Waals surface area contributed by atoms with E-state index < -0.39 is 0 Å². The Morgan fingerprint density at radius 1 is 1.16 bits per heavy atom. The highest BCUT2D eigenvalue weighted by atomic mass is 16.5. The van der Waals surface area contributed by atoms with E-state index in [1.165, 1.54) is 12.7 Å². The second-order valence-corrected chi connectivity index (χ2v) is 7.48. The topological polar surface area (TPSA) is 95.5 Å². The van der Waals surface area contributed by atoms with Gasteiger partial charge in [-0.25, -0.2) is 0 Å². The molecule has 2 heterocycles. The van der Waals surface area contributed by atoms with E-state index in [9.17, 15) is 10.1 Å². The van der Waals surface area contributed by atoms with Gasteiger partial charge in [-0.2, -0.15) is 10.2 Å². The number of hydrogen-bond donors (Lipinski definition) is 0. The van der Waals surface area contributed by atoms with E-state index in [2.05, 4.69) is 21.1 Å². The Morgan fingerprint density at radius 2 is 1.90 bits per heavy atom. The molecule has 8 heteroatoms. The monoisotopic (exact) mass is 417 g/mol. The molecule has 0 saturated carbocycles. The third-order valence-corrected chi connectivity index (χ3v) is 5.36. The minimum absolute atomic E-state index is 0.0833. The first-order valence-corrected chi connectivity index (χ1v) is 10.1. The third kappa shape index (κ3) is 4.57. The summed E-state index contributed by atoms with van der Waals surface area (Å²) in [5.41, 5.74) is 2.92. The predicted molar refractivity (Wildman–Crippen MR) is 113 cm³/mol. The fraction of sp³-hybridized carbons (Fsp3) is 0.304. The van der Waals surface area contributed by atoms with Gasteiger partial charge in [-0.05, 0) is 37.3 Å². The van der Waals surface area contributed by atoms with Crippen LogP contribution in [0.2, 0.25) is 0 Å². The van der Waals surface area contributed by atoms with Gasteiger partial charge in [0.05, 0.1) is 19.2 Å². The number of benzene rings is 2. The van der Waals surface area contributed by atoms with Gasteiger partial charge in [0, 0.05) is 37.3 Å². The number of nitrogens with zero attached hydrogens (tertiary/aromatic N) is 5. The van der Waals surface area contributed by atoms with E-state index in [-0.39, 0.29) is 5.91 Å². The summed E-state index contributed by atoms with van der Waals surface area (Å²) in [6, 6.07) is 15.0. The van der Waals surface area contributed by atoms with Gasteiger partial charge in [0.1, 0.15) is 11.8 Å². The molecule has 0 N–H and O–H groups in total. The third-order valence-electron chi connectivity index (χ3n) is 5.36. The van der Waals surface area contributed by atoms with Crippen molar-refractivity contribution in [3.63, 3.8) is 0 Å². The van der Waals surface area contributed by atoms with Crippen LogP contribution in [0.1, 0.15) is 27.3 Å². The molecule has 1 aromatic heterocycles. The molecule has 1 saturated heterocycles. The first kappa shape index (κ1) is 20.6. The van der Waals surface area contributed by atoms with Crippen LogP contribution in [0.4, 0.5) is 0 Å². The molecule has 31 heavy (non-hydrogen) atoms. The van der Waals surface area contributed by atoms with Crippen LogP contribution in [-0.2, 0) is 6.54 Å². The second kappa shape index (κ2) is 8.98. The number of piperazine rings is 1. The summed E-state index contributed by atoms with van der Waals surface area (Å²) in [6.45, 7) is 5.21. The van der Waals surface area contributed by atoms with Gasteiger partial charge in [-0.1, -0.05) is 22.9 Å². The highest BCUT2D eigenvalue weighted by molar-refractivity contribution is 5.95. The predicted octanol–water partition coefficient (Wildman–Crippen LogP) is 2.88. The van der Waals surface area contributed by atoms with Gasteiger partial charge < -0.3 is 14.2 Å². The van der Waals surface area contributed by atoms with Gasteiger partial charge in [0.15, 0.2) is 5.82 Å². The molecule has 1 aliphatic rings. The number of methoxy groups -OCH3 is 1. The van der Waals surface area contributed by atoms with Crippen molar-refractivity contribution < 1.29 is 14.1 Å². The normalized spacial score (nSPS) is 14.3. The fourth-order valence-electron chi connectivity index (χ4n) is 3.55. The van der Waals surface area contributed by atoms with Gasteiger partial charge in [0.2, 0.25) is 0 Å². The Kier molecular flexibility index (Phi) is 5.96. The summed E-state index contributed by atoms with van der Waals surface area (Å²) in [5.74, 6) is 1.52.